The Morgan fingerprint density at radius 1 is 1.30 bits per heavy atom. The molecule has 0 aliphatic carbocycles. The average molecular weight is 331 g/mol. The second kappa shape index (κ2) is 6.74. The molecule has 1 aromatic carbocycles. The maximum absolute atomic E-state index is 5.20. The van der Waals surface area contributed by atoms with E-state index in [1.54, 1.807) is 7.11 Å². The van der Waals surface area contributed by atoms with Crippen molar-refractivity contribution in [2.24, 2.45) is 0 Å². The number of hydrogen-bond acceptors (Lipinski definition) is 7. The van der Waals surface area contributed by atoms with E-state index in [0.29, 0.717) is 11.7 Å². The summed E-state index contributed by atoms with van der Waals surface area (Å²) in [6.07, 6.45) is 0. The lowest BCUT2D eigenvalue weighted by atomic mass is 10.2. The topological polar surface area (TPSA) is 88.9 Å². The molecular weight excluding hydrogens is 314 g/mol. The minimum absolute atomic E-state index is 0.525. The minimum atomic E-state index is 0.525. The number of ether oxygens (including phenoxy) is 1. The molecule has 7 nitrogen and oxygen atoms in total. The number of anilines is 2. The summed E-state index contributed by atoms with van der Waals surface area (Å²) in [4.78, 5) is 4.41. The van der Waals surface area contributed by atoms with Crippen LogP contribution in [0.25, 0.3) is 0 Å². The van der Waals surface area contributed by atoms with Gasteiger partial charge in [-0.25, -0.2) is 0 Å². The van der Waals surface area contributed by atoms with E-state index >= 15 is 0 Å². The van der Waals surface area contributed by atoms with E-state index in [0.717, 1.165) is 33.6 Å². The van der Waals surface area contributed by atoms with Gasteiger partial charge >= 0.3 is 0 Å². The fraction of sp³-hybridized carbons (Fsp3) is 0.267. The smallest absolute Gasteiger partial charge is 0.247 e. The summed E-state index contributed by atoms with van der Waals surface area (Å²) in [5.74, 6) is 2.82. The quantitative estimate of drug-likeness (QED) is 0.669. The maximum Gasteiger partial charge on any atom is 0.247 e. The van der Waals surface area contributed by atoms with E-state index in [1.807, 2.05) is 38.1 Å². The Hall–Kier alpha value is -2.48. The summed E-state index contributed by atoms with van der Waals surface area (Å²) >= 11 is 1.52. The van der Waals surface area contributed by atoms with Crippen molar-refractivity contribution < 1.29 is 9.26 Å². The van der Waals surface area contributed by atoms with E-state index in [2.05, 4.69) is 25.7 Å². The zero-order valence-corrected chi connectivity index (χ0v) is 13.9. The summed E-state index contributed by atoms with van der Waals surface area (Å²) < 4.78 is 10.2. The highest BCUT2D eigenvalue weighted by molar-refractivity contribution is 7.98. The van der Waals surface area contributed by atoms with Gasteiger partial charge in [0.15, 0.2) is 5.16 Å². The Morgan fingerprint density at radius 2 is 2.17 bits per heavy atom. The summed E-state index contributed by atoms with van der Waals surface area (Å²) in [6, 6.07) is 7.70. The average Bonchev–Trinajstić information content (AvgIpc) is 3.16. The van der Waals surface area contributed by atoms with Gasteiger partial charge in [0, 0.05) is 17.5 Å². The molecule has 3 aromatic rings. The highest BCUT2D eigenvalue weighted by atomic mass is 32.2. The van der Waals surface area contributed by atoms with E-state index in [-0.39, 0.29) is 0 Å². The molecule has 120 valence electrons. The van der Waals surface area contributed by atoms with E-state index in [1.165, 1.54) is 11.8 Å². The lowest BCUT2D eigenvalue weighted by Gasteiger charge is -2.07. The molecule has 0 saturated heterocycles. The third-order valence-electron chi connectivity index (χ3n) is 3.18. The fourth-order valence-corrected chi connectivity index (χ4v) is 2.70. The van der Waals surface area contributed by atoms with Gasteiger partial charge in [-0.15, -0.1) is 5.10 Å². The predicted molar refractivity (Wildman–Crippen MR) is 88.2 cm³/mol. The van der Waals surface area contributed by atoms with Crippen molar-refractivity contribution in [2.75, 3.05) is 12.4 Å². The van der Waals surface area contributed by atoms with Crippen LogP contribution in [0.15, 0.2) is 33.9 Å². The molecule has 0 unspecified atom stereocenters. The first-order valence-electron chi connectivity index (χ1n) is 7.03. The van der Waals surface area contributed by atoms with Crippen LogP contribution < -0.4 is 10.1 Å². The van der Waals surface area contributed by atoms with Gasteiger partial charge < -0.3 is 14.6 Å². The van der Waals surface area contributed by atoms with Crippen LogP contribution in [0.2, 0.25) is 0 Å². The number of methoxy groups -OCH3 is 1. The number of thioether (sulfide) groups is 1. The van der Waals surface area contributed by atoms with Crippen LogP contribution in [0.1, 0.15) is 17.0 Å². The molecule has 0 atom stereocenters. The monoisotopic (exact) mass is 331 g/mol. The van der Waals surface area contributed by atoms with Crippen molar-refractivity contribution >= 4 is 23.4 Å². The van der Waals surface area contributed by atoms with Gasteiger partial charge in [-0.1, -0.05) is 16.9 Å². The standard InChI is InChI=1S/C15H17N5O2S/c1-9-6-12(21-3)4-5-13(9)16-14-17-15(19-18-14)23-8-11-7-10(2)22-20-11/h4-7H,8H2,1-3H3,(H2,16,17,18,19). The van der Waals surface area contributed by atoms with Crippen LogP contribution in [0.4, 0.5) is 11.6 Å². The van der Waals surface area contributed by atoms with E-state index < -0.39 is 0 Å². The molecule has 2 N–H and O–H groups in total. The molecule has 23 heavy (non-hydrogen) atoms. The van der Waals surface area contributed by atoms with Crippen molar-refractivity contribution in [3.05, 3.63) is 41.3 Å². The Morgan fingerprint density at radius 3 is 2.87 bits per heavy atom. The maximum atomic E-state index is 5.20. The third kappa shape index (κ3) is 3.84. The van der Waals surface area contributed by atoms with Gasteiger partial charge in [0.05, 0.1) is 12.8 Å². The second-order valence-corrected chi connectivity index (χ2v) is 5.95. The van der Waals surface area contributed by atoms with Gasteiger partial charge in [0.25, 0.3) is 0 Å². The van der Waals surface area contributed by atoms with Crippen LogP contribution in [0.5, 0.6) is 5.75 Å². The molecule has 0 aliphatic heterocycles. The van der Waals surface area contributed by atoms with Crippen molar-refractivity contribution in [3.63, 3.8) is 0 Å². The number of aryl methyl sites for hydroxylation is 2. The Balaban J connectivity index is 1.63. The molecule has 0 amide bonds. The first kappa shape index (κ1) is 15.4. The summed E-state index contributed by atoms with van der Waals surface area (Å²) in [5, 5.41) is 14.9. The van der Waals surface area contributed by atoms with Crippen molar-refractivity contribution in [1.82, 2.24) is 20.3 Å². The Labute approximate surface area is 137 Å². The Kier molecular flexibility index (Phi) is 4.52. The number of nitrogens with zero attached hydrogens (tertiary/aromatic N) is 3. The van der Waals surface area contributed by atoms with Crippen LogP contribution in [-0.2, 0) is 5.75 Å². The first-order valence-corrected chi connectivity index (χ1v) is 8.01. The minimum Gasteiger partial charge on any atom is -0.497 e. The highest BCUT2D eigenvalue weighted by Gasteiger charge is 2.08. The number of benzene rings is 1. The van der Waals surface area contributed by atoms with Gasteiger partial charge in [-0.05, 0) is 37.6 Å². The molecule has 0 fully saturated rings. The summed E-state index contributed by atoms with van der Waals surface area (Å²) in [7, 11) is 1.65. The Bertz CT molecular complexity index is 799. The number of rotatable bonds is 6. The zero-order chi connectivity index (χ0) is 16.2. The lowest BCUT2D eigenvalue weighted by molar-refractivity contribution is 0.393. The third-order valence-corrected chi connectivity index (χ3v) is 4.07. The molecular formula is C15H17N5O2S. The van der Waals surface area contributed by atoms with E-state index in [9.17, 15) is 0 Å². The molecule has 0 radical (unpaired) electrons. The van der Waals surface area contributed by atoms with E-state index in [4.69, 9.17) is 9.26 Å². The van der Waals surface area contributed by atoms with Gasteiger partial charge in [0.1, 0.15) is 11.5 Å². The molecule has 2 aromatic heterocycles. The molecule has 2 heterocycles. The lowest BCUT2D eigenvalue weighted by Crippen LogP contribution is -1.95. The number of nitrogens with one attached hydrogen (secondary N) is 2. The number of aromatic nitrogens is 4. The SMILES string of the molecule is COc1ccc(Nc2n[nH]c(SCc3cc(C)on3)n2)c(C)c1. The normalized spacial score (nSPS) is 10.7. The zero-order valence-electron chi connectivity index (χ0n) is 13.1. The van der Waals surface area contributed by atoms with Crippen molar-refractivity contribution in [1.29, 1.82) is 0 Å². The second-order valence-electron chi connectivity index (χ2n) is 4.99. The van der Waals surface area contributed by atoms with Crippen LogP contribution in [-0.4, -0.2) is 27.4 Å². The van der Waals surface area contributed by atoms with Gasteiger partial charge in [-0.3, -0.25) is 5.10 Å². The number of H-pyrrole nitrogens is 1. The molecule has 0 aliphatic rings. The molecule has 0 spiro atoms. The fourth-order valence-electron chi connectivity index (χ4n) is 2.02. The van der Waals surface area contributed by atoms with Gasteiger partial charge in [-0.2, -0.15) is 4.98 Å². The summed E-state index contributed by atoms with van der Waals surface area (Å²) in [5.41, 5.74) is 2.87. The molecule has 0 saturated carbocycles. The summed E-state index contributed by atoms with van der Waals surface area (Å²) in [6.45, 7) is 3.87. The first-order chi connectivity index (χ1) is 11.1. The van der Waals surface area contributed by atoms with Crippen LogP contribution in [0.3, 0.4) is 0 Å². The van der Waals surface area contributed by atoms with Crippen molar-refractivity contribution in [3.8, 4) is 5.75 Å². The molecule has 3 rings (SSSR count). The van der Waals surface area contributed by atoms with Crippen LogP contribution in [0, 0.1) is 13.8 Å². The number of aromatic amines is 1. The molecule has 0 bridgehead atoms. The van der Waals surface area contributed by atoms with Crippen LogP contribution >= 0.6 is 11.8 Å². The largest absolute Gasteiger partial charge is 0.497 e. The number of hydrogen-bond donors (Lipinski definition) is 2. The molecule has 8 heteroatoms. The highest BCUT2D eigenvalue weighted by Crippen LogP contribution is 2.25. The van der Waals surface area contributed by atoms with Gasteiger partial charge in [0.2, 0.25) is 5.95 Å². The predicted octanol–water partition coefficient (Wildman–Crippen LogP) is 3.45. The van der Waals surface area contributed by atoms with Crippen molar-refractivity contribution in [2.45, 2.75) is 24.8 Å².